The molecule has 0 saturated heterocycles. The summed E-state index contributed by atoms with van der Waals surface area (Å²) in [7, 11) is 0. The van der Waals surface area contributed by atoms with Gasteiger partial charge < -0.3 is 5.32 Å². The summed E-state index contributed by atoms with van der Waals surface area (Å²) in [5.41, 5.74) is 2.63. The van der Waals surface area contributed by atoms with Gasteiger partial charge in [-0.25, -0.2) is 9.50 Å². The highest BCUT2D eigenvalue weighted by Crippen LogP contribution is 2.27. The SMILES string of the molecule is CC(C)CCNC(=O)c1cnn2c(-c3ccccc3Cl)ccnc12. The van der Waals surface area contributed by atoms with Gasteiger partial charge in [-0.15, -0.1) is 0 Å². The van der Waals surface area contributed by atoms with Gasteiger partial charge in [0, 0.05) is 23.3 Å². The second-order valence-electron chi connectivity index (χ2n) is 6.04. The molecule has 0 atom stereocenters. The molecule has 0 aliphatic carbocycles. The number of amides is 1. The number of hydrogen-bond acceptors (Lipinski definition) is 3. The van der Waals surface area contributed by atoms with Gasteiger partial charge in [0.25, 0.3) is 5.91 Å². The van der Waals surface area contributed by atoms with Crippen LogP contribution in [0.5, 0.6) is 0 Å². The highest BCUT2D eigenvalue weighted by atomic mass is 35.5. The van der Waals surface area contributed by atoms with Gasteiger partial charge in [-0.1, -0.05) is 43.6 Å². The van der Waals surface area contributed by atoms with Gasteiger partial charge in [-0.05, 0) is 24.5 Å². The molecule has 5 nitrogen and oxygen atoms in total. The summed E-state index contributed by atoms with van der Waals surface area (Å²) in [5, 5.41) is 7.88. The number of benzene rings is 1. The maximum Gasteiger partial charge on any atom is 0.256 e. The number of carbonyl (C=O) groups excluding carboxylic acids is 1. The van der Waals surface area contributed by atoms with Crippen LogP contribution in [0.4, 0.5) is 0 Å². The molecule has 2 heterocycles. The number of nitrogens with zero attached hydrogens (tertiary/aromatic N) is 3. The standard InChI is InChI=1S/C18H19ClN4O/c1-12(2)7-9-21-18(24)14-11-22-23-16(8-10-20-17(14)23)13-5-3-4-6-15(13)19/h3-6,8,10-12H,7,9H2,1-2H3,(H,21,24). The van der Waals surface area contributed by atoms with Crippen molar-refractivity contribution in [3.8, 4) is 11.3 Å². The zero-order chi connectivity index (χ0) is 17.1. The molecule has 124 valence electrons. The fraction of sp³-hybridized carbons (Fsp3) is 0.278. The van der Waals surface area contributed by atoms with Gasteiger partial charge in [0.1, 0.15) is 5.56 Å². The Hall–Kier alpha value is -2.40. The van der Waals surface area contributed by atoms with Crippen molar-refractivity contribution < 1.29 is 4.79 Å². The van der Waals surface area contributed by atoms with Gasteiger partial charge in [-0.2, -0.15) is 5.10 Å². The van der Waals surface area contributed by atoms with Crippen LogP contribution in [0.25, 0.3) is 16.9 Å². The molecule has 0 saturated carbocycles. The Balaban J connectivity index is 1.95. The number of fused-ring (bicyclic) bond motifs is 1. The van der Waals surface area contributed by atoms with Crippen LogP contribution in [-0.2, 0) is 0 Å². The number of hydrogen-bond donors (Lipinski definition) is 1. The minimum atomic E-state index is -0.158. The summed E-state index contributed by atoms with van der Waals surface area (Å²) >= 11 is 6.29. The van der Waals surface area contributed by atoms with Crippen molar-refractivity contribution in [3.63, 3.8) is 0 Å². The molecule has 0 radical (unpaired) electrons. The lowest BCUT2D eigenvalue weighted by molar-refractivity contribution is 0.0953. The van der Waals surface area contributed by atoms with Crippen LogP contribution in [0.2, 0.25) is 5.02 Å². The van der Waals surface area contributed by atoms with Crippen molar-refractivity contribution in [1.29, 1.82) is 0 Å². The zero-order valence-electron chi connectivity index (χ0n) is 13.7. The molecule has 6 heteroatoms. The highest BCUT2D eigenvalue weighted by molar-refractivity contribution is 6.33. The van der Waals surface area contributed by atoms with E-state index in [2.05, 4.69) is 29.2 Å². The van der Waals surface area contributed by atoms with E-state index in [4.69, 9.17) is 11.6 Å². The largest absolute Gasteiger partial charge is 0.352 e. The Morgan fingerprint density at radius 1 is 1.29 bits per heavy atom. The number of carbonyl (C=O) groups is 1. The van der Waals surface area contributed by atoms with Gasteiger partial charge >= 0.3 is 0 Å². The highest BCUT2D eigenvalue weighted by Gasteiger charge is 2.16. The van der Waals surface area contributed by atoms with E-state index in [-0.39, 0.29) is 5.91 Å². The van der Waals surface area contributed by atoms with Crippen LogP contribution in [0, 0.1) is 5.92 Å². The second-order valence-corrected chi connectivity index (χ2v) is 6.45. The van der Waals surface area contributed by atoms with E-state index >= 15 is 0 Å². The first-order chi connectivity index (χ1) is 11.6. The molecular weight excluding hydrogens is 324 g/mol. The lowest BCUT2D eigenvalue weighted by Gasteiger charge is -2.08. The predicted molar refractivity (Wildman–Crippen MR) is 95.2 cm³/mol. The lowest BCUT2D eigenvalue weighted by atomic mass is 10.1. The first kappa shape index (κ1) is 16.5. The molecule has 1 N–H and O–H groups in total. The van der Waals surface area contributed by atoms with Crippen LogP contribution in [0.3, 0.4) is 0 Å². The first-order valence-corrected chi connectivity index (χ1v) is 8.31. The maximum absolute atomic E-state index is 12.4. The second kappa shape index (κ2) is 7.01. The summed E-state index contributed by atoms with van der Waals surface area (Å²) < 4.78 is 1.65. The minimum Gasteiger partial charge on any atom is -0.352 e. The molecule has 2 aromatic heterocycles. The first-order valence-electron chi connectivity index (χ1n) is 7.93. The Labute approximate surface area is 145 Å². The van der Waals surface area contributed by atoms with Gasteiger partial charge in [-0.3, -0.25) is 4.79 Å². The van der Waals surface area contributed by atoms with E-state index in [9.17, 15) is 4.79 Å². The Bertz CT molecular complexity index is 872. The quantitative estimate of drug-likeness (QED) is 0.766. The van der Waals surface area contributed by atoms with E-state index in [0.29, 0.717) is 28.7 Å². The van der Waals surface area contributed by atoms with Crippen LogP contribution < -0.4 is 5.32 Å². The molecule has 24 heavy (non-hydrogen) atoms. The Morgan fingerprint density at radius 2 is 2.08 bits per heavy atom. The summed E-state index contributed by atoms with van der Waals surface area (Å²) in [5.74, 6) is 0.383. The summed E-state index contributed by atoms with van der Waals surface area (Å²) in [6.45, 7) is 4.88. The third-order valence-electron chi connectivity index (χ3n) is 3.80. The van der Waals surface area contributed by atoms with Crippen LogP contribution in [0.1, 0.15) is 30.6 Å². The lowest BCUT2D eigenvalue weighted by Crippen LogP contribution is -2.25. The third kappa shape index (κ3) is 3.26. The zero-order valence-corrected chi connectivity index (χ0v) is 14.4. The Kier molecular flexibility index (Phi) is 4.81. The van der Waals surface area contributed by atoms with E-state index < -0.39 is 0 Å². The van der Waals surface area contributed by atoms with E-state index in [0.717, 1.165) is 17.7 Å². The smallest absolute Gasteiger partial charge is 0.256 e. The van der Waals surface area contributed by atoms with Crippen molar-refractivity contribution in [2.75, 3.05) is 6.54 Å². The summed E-state index contributed by atoms with van der Waals surface area (Å²) in [6.07, 6.45) is 4.15. The van der Waals surface area contributed by atoms with Crippen LogP contribution >= 0.6 is 11.6 Å². The third-order valence-corrected chi connectivity index (χ3v) is 4.13. The fourth-order valence-electron chi connectivity index (χ4n) is 2.49. The monoisotopic (exact) mass is 342 g/mol. The molecular formula is C18H19ClN4O. The predicted octanol–water partition coefficient (Wildman–Crippen LogP) is 3.83. The molecule has 0 aliphatic rings. The van der Waals surface area contributed by atoms with Crippen molar-refractivity contribution in [3.05, 3.63) is 53.3 Å². The van der Waals surface area contributed by atoms with Crippen molar-refractivity contribution >= 4 is 23.2 Å². The average molecular weight is 343 g/mol. The van der Waals surface area contributed by atoms with Gasteiger partial charge in [0.05, 0.1) is 11.9 Å². The molecule has 3 rings (SSSR count). The average Bonchev–Trinajstić information content (AvgIpc) is 2.99. The van der Waals surface area contributed by atoms with E-state index in [1.165, 1.54) is 0 Å². The molecule has 0 spiro atoms. The van der Waals surface area contributed by atoms with Gasteiger partial charge in [0.15, 0.2) is 5.65 Å². The minimum absolute atomic E-state index is 0.158. The molecule has 3 aromatic rings. The maximum atomic E-state index is 12.4. The molecule has 0 bridgehead atoms. The van der Waals surface area contributed by atoms with Crippen molar-refractivity contribution in [2.45, 2.75) is 20.3 Å². The summed E-state index contributed by atoms with van der Waals surface area (Å²) in [4.78, 5) is 16.7. The molecule has 0 fully saturated rings. The summed E-state index contributed by atoms with van der Waals surface area (Å²) in [6, 6.07) is 9.37. The molecule has 1 amide bonds. The van der Waals surface area contributed by atoms with Crippen LogP contribution in [0.15, 0.2) is 42.7 Å². The molecule has 0 aliphatic heterocycles. The number of aromatic nitrogens is 3. The Morgan fingerprint density at radius 3 is 2.83 bits per heavy atom. The molecule has 0 unspecified atom stereocenters. The number of nitrogens with one attached hydrogen (secondary N) is 1. The molecule has 1 aromatic carbocycles. The fourth-order valence-corrected chi connectivity index (χ4v) is 2.73. The van der Waals surface area contributed by atoms with Crippen molar-refractivity contribution in [2.24, 2.45) is 5.92 Å². The van der Waals surface area contributed by atoms with E-state index in [1.807, 2.05) is 30.3 Å². The normalized spacial score (nSPS) is 11.2. The van der Waals surface area contributed by atoms with Crippen LogP contribution in [-0.4, -0.2) is 27.0 Å². The topological polar surface area (TPSA) is 59.3 Å². The van der Waals surface area contributed by atoms with E-state index in [1.54, 1.807) is 16.9 Å². The van der Waals surface area contributed by atoms with Crippen molar-refractivity contribution in [1.82, 2.24) is 19.9 Å². The number of halogens is 1. The number of rotatable bonds is 5. The van der Waals surface area contributed by atoms with Gasteiger partial charge in [0.2, 0.25) is 0 Å².